The molecule has 0 aromatic heterocycles. The number of carbonyl (C=O) groups is 4. The number of phosphoric acid groups is 2. The van der Waals surface area contributed by atoms with Gasteiger partial charge in [-0.3, -0.25) is 37.3 Å². The molecule has 0 aromatic rings. The Balaban J connectivity index is 5.42. The standard InChI is InChI=1S/C89H152O17P2/c1-5-9-13-17-21-25-29-33-37-39-41-43-47-50-54-58-62-66-70-74-87(92)100-80-85(106-89(94)76-72-68-64-60-56-52-48-44-42-40-38-34-30-26-22-18-14-10-6-2)82-104-108(97,98)102-78-83(90)77-101-107(95,96)103-81-84(105-88(93)75-71-67-63-59-55-51-46-36-32-28-24-20-16-12-8-4)79-99-86(91)73-69-65-61-57-53-49-45-35-31-27-23-19-15-11-7-3/h11,15,21-28,33-38,41-46,83-85,90H,5-10,12-14,16-20,29-32,39-40,47-82H2,1-4H3,(H,95,96)(H,97,98)/b15-11-,25-21-,26-22-,27-23-,28-24-,37-33-,38-34-,43-41-,44-42-,45-35-,46-36-. The molecule has 0 radical (unpaired) electrons. The SMILES string of the molecule is CC/C=C\C/C=C\C/C=C\CCCCCCCC(=O)OCC(COP(=O)(O)OCC(O)COP(=O)(O)OCC(COC(=O)CCCCCCCC/C=C\C/C=C\C/C=C\CCCCC)OC(=O)CCCCCCCC/C=C\C/C=C\C/C=C\CCCCC)OC(=O)CCCCCCC/C=C\C/C=C\CCCCC. The summed E-state index contributed by atoms with van der Waals surface area (Å²) in [6, 6.07) is 0. The van der Waals surface area contributed by atoms with Crippen molar-refractivity contribution >= 4 is 39.5 Å². The molecule has 0 spiro atoms. The molecule has 108 heavy (non-hydrogen) atoms. The minimum atomic E-state index is -4.99. The molecule has 0 saturated heterocycles. The van der Waals surface area contributed by atoms with Crippen LogP contribution in [-0.2, 0) is 65.4 Å². The molecule has 0 saturated carbocycles. The second-order valence-electron chi connectivity index (χ2n) is 28.0. The van der Waals surface area contributed by atoms with E-state index in [0.717, 1.165) is 212 Å². The summed E-state index contributed by atoms with van der Waals surface area (Å²) in [5.74, 6) is -2.23. The third-order valence-corrected chi connectivity index (χ3v) is 19.5. The average molecular weight is 1560 g/mol. The van der Waals surface area contributed by atoms with Crippen molar-refractivity contribution in [2.24, 2.45) is 0 Å². The van der Waals surface area contributed by atoms with Crippen LogP contribution in [0.4, 0.5) is 0 Å². The number of allylic oxidation sites excluding steroid dienone is 22. The number of hydrogen-bond donors (Lipinski definition) is 3. The summed E-state index contributed by atoms with van der Waals surface area (Å²) in [6.45, 7) is 4.65. The molecular weight excluding hydrogens is 1400 g/mol. The number of ether oxygens (including phenoxy) is 4. The predicted octanol–water partition coefficient (Wildman–Crippen LogP) is 25.2. The minimum Gasteiger partial charge on any atom is -0.462 e. The van der Waals surface area contributed by atoms with Gasteiger partial charge in [-0.2, -0.15) is 0 Å². The highest BCUT2D eigenvalue weighted by Gasteiger charge is 2.30. The van der Waals surface area contributed by atoms with Crippen LogP contribution < -0.4 is 0 Å². The highest BCUT2D eigenvalue weighted by Crippen LogP contribution is 2.45. The smallest absolute Gasteiger partial charge is 0.462 e. The maximum atomic E-state index is 13.1. The van der Waals surface area contributed by atoms with Crippen LogP contribution in [0.3, 0.4) is 0 Å². The summed E-state index contributed by atoms with van der Waals surface area (Å²) in [5, 5.41) is 10.7. The van der Waals surface area contributed by atoms with Gasteiger partial charge in [-0.1, -0.05) is 290 Å². The summed E-state index contributed by atoms with van der Waals surface area (Å²) < 4.78 is 68.8. The van der Waals surface area contributed by atoms with Crippen molar-refractivity contribution in [2.75, 3.05) is 39.6 Å². The van der Waals surface area contributed by atoms with Gasteiger partial charge in [0.1, 0.15) is 19.3 Å². The number of carbonyl (C=O) groups excluding carboxylic acids is 4. The Labute approximate surface area is 656 Å². The Morgan fingerprint density at radius 1 is 0.269 bits per heavy atom. The molecular formula is C89H152O17P2. The summed E-state index contributed by atoms with van der Waals surface area (Å²) in [4.78, 5) is 73.2. The van der Waals surface area contributed by atoms with Crippen LogP contribution >= 0.6 is 15.6 Å². The van der Waals surface area contributed by atoms with Crippen LogP contribution in [0.1, 0.15) is 349 Å². The van der Waals surface area contributed by atoms with E-state index in [9.17, 15) is 43.2 Å². The topological polar surface area (TPSA) is 237 Å². The third-order valence-electron chi connectivity index (χ3n) is 17.6. The Kier molecular flexibility index (Phi) is 76.7. The van der Waals surface area contributed by atoms with Crippen molar-refractivity contribution in [1.82, 2.24) is 0 Å². The van der Waals surface area contributed by atoms with Gasteiger partial charge in [-0.25, -0.2) is 9.13 Å². The number of phosphoric ester groups is 2. The molecule has 0 rings (SSSR count). The van der Waals surface area contributed by atoms with Crippen molar-refractivity contribution in [3.63, 3.8) is 0 Å². The Hall–Kier alpha value is -4.80. The van der Waals surface area contributed by atoms with Crippen LogP contribution in [0.2, 0.25) is 0 Å². The van der Waals surface area contributed by atoms with Crippen LogP contribution in [-0.4, -0.2) is 96.7 Å². The number of esters is 4. The molecule has 0 heterocycles. The molecule has 5 atom stereocenters. The van der Waals surface area contributed by atoms with Crippen LogP contribution in [0.15, 0.2) is 134 Å². The fourth-order valence-corrected chi connectivity index (χ4v) is 12.7. The Morgan fingerprint density at radius 3 is 0.741 bits per heavy atom. The van der Waals surface area contributed by atoms with Gasteiger partial charge in [0, 0.05) is 25.7 Å². The van der Waals surface area contributed by atoms with E-state index in [1.807, 2.05) is 0 Å². The Bertz CT molecular complexity index is 2560. The molecule has 620 valence electrons. The maximum Gasteiger partial charge on any atom is 0.472 e. The van der Waals surface area contributed by atoms with E-state index in [-0.39, 0.29) is 25.7 Å². The molecule has 17 nitrogen and oxygen atoms in total. The predicted molar refractivity (Wildman–Crippen MR) is 445 cm³/mol. The van der Waals surface area contributed by atoms with E-state index < -0.39 is 97.5 Å². The third kappa shape index (κ3) is 79.3. The van der Waals surface area contributed by atoms with Crippen LogP contribution in [0.5, 0.6) is 0 Å². The second-order valence-corrected chi connectivity index (χ2v) is 30.9. The average Bonchev–Trinajstić information content (AvgIpc) is 0.899. The van der Waals surface area contributed by atoms with Crippen molar-refractivity contribution in [2.45, 2.75) is 367 Å². The van der Waals surface area contributed by atoms with E-state index in [0.29, 0.717) is 25.7 Å². The van der Waals surface area contributed by atoms with Crippen molar-refractivity contribution in [3.8, 4) is 0 Å². The quantitative estimate of drug-likeness (QED) is 0.0169. The van der Waals surface area contributed by atoms with Gasteiger partial charge in [0.2, 0.25) is 0 Å². The van der Waals surface area contributed by atoms with Gasteiger partial charge in [-0.05, 0) is 167 Å². The number of aliphatic hydroxyl groups excluding tert-OH is 1. The van der Waals surface area contributed by atoms with E-state index in [2.05, 4.69) is 161 Å². The van der Waals surface area contributed by atoms with Crippen LogP contribution in [0, 0.1) is 0 Å². The molecule has 19 heteroatoms. The largest absolute Gasteiger partial charge is 0.472 e. The molecule has 3 N–H and O–H groups in total. The highest BCUT2D eigenvalue weighted by atomic mass is 31.2. The molecule has 5 unspecified atom stereocenters. The summed E-state index contributed by atoms with van der Waals surface area (Å²) in [7, 11) is -9.99. The molecule has 0 amide bonds. The van der Waals surface area contributed by atoms with Crippen molar-refractivity contribution in [1.29, 1.82) is 0 Å². The first-order valence-electron chi connectivity index (χ1n) is 42.4. The molecule has 0 bridgehead atoms. The molecule has 0 fully saturated rings. The van der Waals surface area contributed by atoms with Crippen molar-refractivity contribution < 1.29 is 80.2 Å². The number of hydrogen-bond acceptors (Lipinski definition) is 15. The van der Waals surface area contributed by atoms with E-state index in [1.165, 1.54) is 57.8 Å². The van der Waals surface area contributed by atoms with Gasteiger partial charge < -0.3 is 33.8 Å². The Morgan fingerprint density at radius 2 is 0.481 bits per heavy atom. The molecule has 0 aromatic carbocycles. The first-order chi connectivity index (χ1) is 52.7. The summed E-state index contributed by atoms with van der Waals surface area (Å²) >= 11 is 0. The maximum absolute atomic E-state index is 13.1. The monoisotopic (exact) mass is 1560 g/mol. The zero-order valence-electron chi connectivity index (χ0n) is 68.0. The normalized spacial score (nSPS) is 14.5. The highest BCUT2D eigenvalue weighted by molar-refractivity contribution is 7.47. The lowest BCUT2D eigenvalue weighted by atomic mass is 10.1. The first kappa shape index (κ1) is 103. The zero-order chi connectivity index (χ0) is 78.9. The van der Waals surface area contributed by atoms with E-state index >= 15 is 0 Å². The van der Waals surface area contributed by atoms with Crippen molar-refractivity contribution in [3.05, 3.63) is 134 Å². The van der Waals surface area contributed by atoms with Gasteiger partial charge in [0.15, 0.2) is 12.2 Å². The number of unbranched alkanes of at least 4 members (excludes halogenated alkanes) is 31. The lowest BCUT2D eigenvalue weighted by Gasteiger charge is -2.21. The first-order valence-corrected chi connectivity index (χ1v) is 45.4. The lowest BCUT2D eigenvalue weighted by Crippen LogP contribution is -2.30. The summed E-state index contributed by atoms with van der Waals surface area (Å²) in [5.41, 5.74) is 0. The second kappa shape index (κ2) is 80.3. The van der Waals surface area contributed by atoms with E-state index in [4.69, 9.17) is 37.0 Å². The zero-order valence-corrected chi connectivity index (χ0v) is 69.8. The van der Waals surface area contributed by atoms with E-state index in [1.54, 1.807) is 0 Å². The van der Waals surface area contributed by atoms with Crippen LogP contribution in [0.25, 0.3) is 0 Å². The van der Waals surface area contributed by atoms with Gasteiger partial charge in [0.05, 0.1) is 26.4 Å². The molecule has 0 aliphatic rings. The molecule has 0 aliphatic carbocycles. The fourth-order valence-electron chi connectivity index (χ4n) is 11.1. The fraction of sp³-hybridized carbons (Fsp3) is 0.708. The minimum absolute atomic E-state index is 0.0722. The number of rotatable bonds is 79. The lowest BCUT2D eigenvalue weighted by molar-refractivity contribution is -0.161. The molecule has 0 aliphatic heterocycles. The number of aliphatic hydroxyl groups is 1. The summed E-state index contributed by atoms with van der Waals surface area (Å²) in [6.07, 6.45) is 91.2. The van der Waals surface area contributed by atoms with Gasteiger partial charge in [-0.15, -0.1) is 0 Å². The van der Waals surface area contributed by atoms with Gasteiger partial charge in [0.25, 0.3) is 0 Å². The van der Waals surface area contributed by atoms with Gasteiger partial charge >= 0.3 is 39.5 Å².